The summed E-state index contributed by atoms with van der Waals surface area (Å²) in [6.45, 7) is 3.33. The lowest BCUT2D eigenvalue weighted by Crippen LogP contribution is -2.37. The van der Waals surface area contributed by atoms with Crippen LogP contribution in [0, 0.1) is 0 Å². The van der Waals surface area contributed by atoms with Gasteiger partial charge in [0.05, 0.1) is 0 Å². The minimum absolute atomic E-state index is 0. The van der Waals surface area contributed by atoms with Crippen molar-refractivity contribution in [1.82, 2.24) is 5.32 Å². The van der Waals surface area contributed by atoms with Crippen molar-refractivity contribution in [3.05, 3.63) is 51.7 Å². The summed E-state index contributed by atoms with van der Waals surface area (Å²) in [4.78, 5) is 1.50. The topological polar surface area (TPSA) is 32.3 Å². The van der Waals surface area contributed by atoms with Gasteiger partial charge < -0.3 is 10.4 Å². The molecule has 2 nitrogen and oxygen atoms in total. The van der Waals surface area contributed by atoms with Crippen LogP contribution >= 0.6 is 23.7 Å². The van der Waals surface area contributed by atoms with Crippen LogP contribution in [-0.4, -0.2) is 17.7 Å². The van der Waals surface area contributed by atoms with Crippen molar-refractivity contribution in [1.29, 1.82) is 0 Å². The normalized spacial score (nSPS) is 18.0. The number of nitrogens with one attached hydrogen (secondary N) is 1. The molecule has 1 aromatic heterocycles. The molecule has 23 heavy (non-hydrogen) atoms. The van der Waals surface area contributed by atoms with E-state index in [4.69, 9.17) is 0 Å². The molecule has 1 aliphatic carbocycles. The molecule has 126 valence electrons. The van der Waals surface area contributed by atoms with Crippen LogP contribution in [0.4, 0.5) is 0 Å². The average Bonchev–Trinajstić information content (AvgIpc) is 3.06. The van der Waals surface area contributed by atoms with Crippen LogP contribution in [0.3, 0.4) is 0 Å². The number of aromatic hydroxyl groups is 1. The van der Waals surface area contributed by atoms with Crippen molar-refractivity contribution < 1.29 is 5.11 Å². The number of halogens is 1. The number of phenolic OH excluding ortho intramolecular Hbond substituents is 1. The largest absolute Gasteiger partial charge is 0.508 e. The molecular weight excluding hydrogens is 326 g/mol. The van der Waals surface area contributed by atoms with Crippen molar-refractivity contribution in [2.45, 2.75) is 51.0 Å². The van der Waals surface area contributed by atoms with Crippen molar-refractivity contribution in [2.75, 3.05) is 6.54 Å². The Morgan fingerprint density at radius 2 is 2.17 bits per heavy atom. The summed E-state index contributed by atoms with van der Waals surface area (Å²) in [6, 6.07) is 10.9. The number of hydrogen-bond acceptors (Lipinski definition) is 3. The Labute approximate surface area is 149 Å². The van der Waals surface area contributed by atoms with E-state index in [9.17, 15) is 5.11 Å². The maximum atomic E-state index is 9.94. The molecule has 1 unspecified atom stereocenters. The van der Waals surface area contributed by atoms with Crippen LogP contribution in [0.5, 0.6) is 5.75 Å². The summed E-state index contributed by atoms with van der Waals surface area (Å²) in [5.41, 5.74) is 2.47. The lowest BCUT2D eigenvalue weighted by Gasteiger charge is -2.28. The molecule has 0 fully saturated rings. The predicted octanol–water partition coefficient (Wildman–Crippen LogP) is 4.91. The van der Waals surface area contributed by atoms with Gasteiger partial charge in [0, 0.05) is 23.4 Å². The van der Waals surface area contributed by atoms with E-state index in [-0.39, 0.29) is 12.4 Å². The first-order chi connectivity index (χ1) is 10.8. The lowest BCUT2D eigenvalue weighted by molar-refractivity contribution is 0.416. The molecule has 0 aliphatic heterocycles. The molecule has 0 spiro atoms. The Morgan fingerprint density at radius 3 is 2.91 bits per heavy atom. The summed E-state index contributed by atoms with van der Waals surface area (Å²) in [5.74, 6) is 1.11. The fraction of sp³-hybridized carbons (Fsp3) is 0.474. The summed E-state index contributed by atoms with van der Waals surface area (Å²) >= 11 is 1.88. The van der Waals surface area contributed by atoms with Crippen LogP contribution in [0.1, 0.15) is 48.1 Å². The van der Waals surface area contributed by atoms with E-state index in [1.807, 2.05) is 17.4 Å². The van der Waals surface area contributed by atoms with E-state index in [0.717, 1.165) is 31.4 Å². The first kappa shape index (κ1) is 18.3. The highest BCUT2D eigenvalue weighted by Gasteiger charge is 2.21. The number of fused-ring (bicyclic) bond motifs is 1. The Bertz CT molecular complexity index is 599. The first-order valence-electron chi connectivity index (χ1n) is 8.34. The maximum absolute atomic E-state index is 9.94. The first-order valence-corrected chi connectivity index (χ1v) is 9.22. The number of hydrogen-bond donors (Lipinski definition) is 2. The smallest absolute Gasteiger partial charge is 0.119 e. The summed E-state index contributed by atoms with van der Waals surface area (Å²) in [6.07, 6.45) is 5.61. The molecule has 0 saturated carbocycles. The predicted molar refractivity (Wildman–Crippen MR) is 101 cm³/mol. The second kappa shape index (κ2) is 8.72. The van der Waals surface area contributed by atoms with Crippen LogP contribution in [0.15, 0.2) is 35.7 Å². The summed E-state index contributed by atoms with van der Waals surface area (Å²) in [5, 5.41) is 15.9. The van der Waals surface area contributed by atoms with Gasteiger partial charge in [0.2, 0.25) is 0 Å². The van der Waals surface area contributed by atoms with E-state index in [1.54, 1.807) is 6.07 Å². The second-order valence-electron chi connectivity index (χ2n) is 6.26. The molecule has 2 atom stereocenters. The highest BCUT2D eigenvalue weighted by atomic mass is 35.5. The minimum Gasteiger partial charge on any atom is -0.508 e. The summed E-state index contributed by atoms with van der Waals surface area (Å²) in [7, 11) is 0. The number of phenols is 1. The molecule has 0 saturated heterocycles. The van der Waals surface area contributed by atoms with Crippen molar-refractivity contribution in [2.24, 2.45) is 0 Å². The minimum atomic E-state index is 0. The number of rotatable bonds is 6. The lowest BCUT2D eigenvalue weighted by atomic mass is 9.87. The molecule has 3 rings (SSSR count). The summed E-state index contributed by atoms with van der Waals surface area (Å²) < 4.78 is 0. The third kappa shape index (κ3) is 4.50. The molecule has 2 aromatic rings. The number of benzene rings is 1. The molecule has 4 heteroatoms. The Hall–Kier alpha value is -1.03. The zero-order valence-electron chi connectivity index (χ0n) is 13.6. The van der Waals surface area contributed by atoms with Crippen molar-refractivity contribution in [3.63, 3.8) is 0 Å². The molecule has 0 bridgehead atoms. The van der Waals surface area contributed by atoms with Gasteiger partial charge in [0.1, 0.15) is 5.75 Å². The maximum Gasteiger partial charge on any atom is 0.119 e. The molecule has 2 N–H and O–H groups in total. The molecular formula is C19H26ClNOS. The van der Waals surface area contributed by atoms with Crippen molar-refractivity contribution in [3.8, 4) is 5.75 Å². The Morgan fingerprint density at radius 1 is 1.30 bits per heavy atom. The quantitative estimate of drug-likeness (QED) is 0.775. The third-order valence-electron chi connectivity index (χ3n) is 4.69. The molecule has 1 aliphatic rings. The van der Waals surface area contributed by atoms with Gasteiger partial charge in [-0.2, -0.15) is 0 Å². The van der Waals surface area contributed by atoms with Gasteiger partial charge in [-0.05, 0) is 54.3 Å². The molecule has 1 heterocycles. The van der Waals surface area contributed by atoms with Crippen LogP contribution in [-0.2, 0) is 12.8 Å². The zero-order chi connectivity index (χ0) is 15.4. The average molecular weight is 352 g/mol. The van der Waals surface area contributed by atoms with Crippen LogP contribution in [0.25, 0.3) is 0 Å². The van der Waals surface area contributed by atoms with Crippen LogP contribution in [0.2, 0.25) is 0 Å². The van der Waals surface area contributed by atoms with Gasteiger partial charge >= 0.3 is 0 Å². The molecule has 1 aromatic carbocycles. The Balaban J connectivity index is 0.00000192. The van der Waals surface area contributed by atoms with E-state index >= 15 is 0 Å². The monoisotopic (exact) mass is 351 g/mol. The van der Waals surface area contributed by atoms with Gasteiger partial charge in [-0.15, -0.1) is 23.7 Å². The van der Waals surface area contributed by atoms with Crippen molar-refractivity contribution >= 4 is 23.7 Å². The fourth-order valence-corrected chi connectivity index (χ4v) is 4.35. The molecule has 0 radical (unpaired) electrons. The van der Waals surface area contributed by atoms with E-state index in [2.05, 4.69) is 35.8 Å². The third-order valence-corrected chi connectivity index (χ3v) is 5.73. The molecule has 0 amide bonds. The van der Waals surface area contributed by atoms with Gasteiger partial charge in [0.15, 0.2) is 0 Å². The van der Waals surface area contributed by atoms with E-state index in [0.29, 0.717) is 17.7 Å². The zero-order valence-corrected chi connectivity index (χ0v) is 15.3. The van der Waals surface area contributed by atoms with Gasteiger partial charge in [-0.3, -0.25) is 0 Å². The Kier molecular flexibility index (Phi) is 6.94. The highest BCUT2D eigenvalue weighted by Crippen LogP contribution is 2.30. The van der Waals surface area contributed by atoms with E-state index in [1.165, 1.54) is 23.3 Å². The standard InChI is InChI=1S/C19H25NOS.ClH/c1-2-5-15(19-8-4-11-22-19)13-20-16-9-10-17-14(12-16)6-3-7-18(17)21;/h3-4,6-8,11,15-16,20-21H,2,5,9-10,12-13H2,1H3;1H/t15?,16-;/m0./s1. The second-order valence-corrected chi connectivity index (χ2v) is 7.24. The highest BCUT2D eigenvalue weighted by molar-refractivity contribution is 7.10. The fourth-order valence-electron chi connectivity index (χ4n) is 3.49. The van der Waals surface area contributed by atoms with Gasteiger partial charge in [-0.25, -0.2) is 0 Å². The van der Waals surface area contributed by atoms with Gasteiger partial charge in [0.25, 0.3) is 0 Å². The SMILES string of the molecule is CCCC(CN[C@H]1CCc2c(O)cccc2C1)c1cccs1.Cl. The van der Waals surface area contributed by atoms with Gasteiger partial charge in [-0.1, -0.05) is 31.5 Å². The number of thiophene rings is 1. The van der Waals surface area contributed by atoms with Crippen LogP contribution < -0.4 is 5.32 Å². The van der Waals surface area contributed by atoms with E-state index < -0.39 is 0 Å².